The van der Waals surface area contributed by atoms with Crippen LogP contribution in [0.5, 0.6) is 11.5 Å². The van der Waals surface area contributed by atoms with E-state index in [2.05, 4.69) is 19.9 Å². The van der Waals surface area contributed by atoms with Crippen LogP contribution >= 0.6 is 0 Å². The molecule has 1 aromatic rings. The van der Waals surface area contributed by atoms with Crippen molar-refractivity contribution < 1.29 is 14.6 Å². The Morgan fingerprint density at radius 2 is 2.16 bits per heavy atom. The van der Waals surface area contributed by atoms with Crippen molar-refractivity contribution in [2.75, 3.05) is 6.61 Å². The minimum atomic E-state index is -0.134. The van der Waals surface area contributed by atoms with Crippen molar-refractivity contribution in [2.45, 2.75) is 20.8 Å². The second-order valence-corrected chi connectivity index (χ2v) is 5.50. The summed E-state index contributed by atoms with van der Waals surface area (Å²) in [5.74, 6) is 0.901. The zero-order chi connectivity index (χ0) is 14.0. The Bertz CT molecular complexity index is 565. The van der Waals surface area contributed by atoms with Gasteiger partial charge in [0, 0.05) is 11.0 Å². The predicted molar refractivity (Wildman–Crippen MR) is 75.2 cm³/mol. The van der Waals surface area contributed by atoms with Crippen molar-refractivity contribution >= 4 is 11.4 Å². The normalized spacial score (nSPS) is 17.3. The molecule has 0 fully saturated rings. The first kappa shape index (κ1) is 13.4. The zero-order valence-corrected chi connectivity index (χ0v) is 11.4. The van der Waals surface area contributed by atoms with Crippen LogP contribution in [0.3, 0.4) is 0 Å². The number of hydrogen-bond donors (Lipinski definition) is 1. The number of rotatable bonds is 2. The van der Waals surface area contributed by atoms with Crippen LogP contribution in [0, 0.1) is 5.41 Å². The molecule has 0 bridgehead atoms. The smallest absolute Gasteiger partial charge is 0.152 e. The lowest BCUT2D eigenvalue weighted by atomic mass is 9.90. The Morgan fingerprint density at radius 1 is 1.42 bits per heavy atom. The summed E-state index contributed by atoms with van der Waals surface area (Å²) in [6.45, 7) is 6.21. The number of benzene rings is 1. The van der Waals surface area contributed by atoms with Gasteiger partial charge in [0.25, 0.3) is 0 Å². The molecule has 1 aliphatic rings. The molecule has 0 aliphatic carbocycles. The molecule has 0 aromatic heterocycles. The molecule has 1 N–H and O–H groups in total. The van der Waals surface area contributed by atoms with E-state index in [9.17, 15) is 9.90 Å². The van der Waals surface area contributed by atoms with Gasteiger partial charge in [-0.25, -0.2) is 0 Å². The molecular weight excluding hydrogens is 240 g/mol. The highest BCUT2D eigenvalue weighted by molar-refractivity contribution is 5.91. The minimum Gasteiger partial charge on any atom is -0.508 e. The van der Waals surface area contributed by atoms with E-state index in [1.54, 1.807) is 24.3 Å². The van der Waals surface area contributed by atoms with Gasteiger partial charge in [0.15, 0.2) is 5.78 Å². The molecule has 1 aliphatic heterocycles. The van der Waals surface area contributed by atoms with E-state index >= 15 is 0 Å². The second-order valence-electron chi connectivity index (χ2n) is 5.50. The van der Waals surface area contributed by atoms with Gasteiger partial charge in [0.2, 0.25) is 0 Å². The van der Waals surface area contributed by atoms with Crippen LogP contribution in [-0.4, -0.2) is 17.5 Å². The van der Waals surface area contributed by atoms with Crippen molar-refractivity contribution in [3.8, 4) is 11.5 Å². The van der Waals surface area contributed by atoms with E-state index in [0.717, 1.165) is 16.9 Å². The van der Waals surface area contributed by atoms with Gasteiger partial charge in [0.05, 0.1) is 6.61 Å². The number of phenols is 1. The minimum absolute atomic E-state index is 0.00873. The summed E-state index contributed by atoms with van der Waals surface area (Å²) in [6, 6.07) is 5.01. The SMILES string of the molecule is CC(=O)/C=C/C1=CC(C)(C)COc2ccc(O)cc21. The molecule has 1 aromatic carbocycles. The van der Waals surface area contributed by atoms with Crippen molar-refractivity contribution in [3.05, 3.63) is 42.0 Å². The Morgan fingerprint density at radius 3 is 2.84 bits per heavy atom. The quantitative estimate of drug-likeness (QED) is 0.827. The molecule has 1 heterocycles. The molecule has 0 unspecified atom stereocenters. The van der Waals surface area contributed by atoms with Crippen molar-refractivity contribution in [2.24, 2.45) is 5.41 Å². The van der Waals surface area contributed by atoms with Crippen LogP contribution in [0.1, 0.15) is 26.3 Å². The number of fused-ring (bicyclic) bond motifs is 1. The van der Waals surface area contributed by atoms with Crippen LogP contribution in [0.2, 0.25) is 0 Å². The number of ether oxygens (including phenoxy) is 1. The highest BCUT2D eigenvalue weighted by atomic mass is 16.5. The zero-order valence-electron chi connectivity index (χ0n) is 11.4. The first-order valence-corrected chi connectivity index (χ1v) is 6.25. The monoisotopic (exact) mass is 258 g/mol. The van der Waals surface area contributed by atoms with E-state index < -0.39 is 0 Å². The third kappa shape index (κ3) is 3.25. The molecular formula is C16H18O3. The summed E-state index contributed by atoms with van der Waals surface area (Å²) in [5, 5.41) is 9.63. The Labute approximate surface area is 113 Å². The summed E-state index contributed by atoms with van der Waals surface area (Å²) < 4.78 is 5.77. The number of hydrogen-bond acceptors (Lipinski definition) is 3. The number of phenolic OH excluding ortho intramolecular Hbond substituents is 1. The molecule has 0 amide bonds. The third-order valence-corrected chi connectivity index (χ3v) is 2.92. The number of ketones is 1. The number of carbonyl (C=O) groups excluding carboxylic acids is 1. The molecule has 3 nitrogen and oxygen atoms in total. The van der Waals surface area contributed by atoms with E-state index in [1.807, 2.05) is 0 Å². The fourth-order valence-corrected chi connectivity index (χ4v) is 2.02. The van der Waals surface area contributed by atoms with Crippen LogP contribution < -0.4 is 4.74 Å². The number of carbonyl (C=O) groups is 1. The van der Waals surface area contributed by atoms with Gasteiger partial charge < -0.3 is 9.84 Å². The lowest BCUT2D eigenvalue weighted by Gasteiger charge is -2.18. The molecule has 0 spiro atoms. The van der Waals surface area contributed by atoms with Crippen LogP contribution in [0.4, 0.5) is 0 Å². The maximum absolute atomic E-state index is 11.1. The van der Waals surface area contributed by atoms with Gasteiger partial charge in [-0.15, -0.1) is 0 Å². The lowest BCUT2D eigenvalue weighted by Crippen LogP contribution is -2.17. The van der Waals surface area contributed by atoms with Crippen LogP contribution in [-0.2, 0) is 4.79 Å². The molecule has 3 heteroatoms. The summed E-state index contributed by atoms with van der Waals surface area (Å²) in [7, 11) is 0. The summed E-state index contributed by atoms with van der Waals surface area (Å²) >= 11 is 0. The second kappa shape index (κ2) is 4.92. The summed E-state index contributed by atoms with van der Waals surface area (Å²) in [6.07, 6.45) is 5.37. The molecule has 0 saturated carbocycles. The highest BCUT2D eigenvalue weighted by Crippen LogP contribution is 2.37. The number of allylic oxidation sites excluding steroid dienone is 3. The molecule has 19 heavy (non-hydrogen) atoms. The van der Waals surface area contributed by atoms with Gasteiger partial charge in [-0.1, -0.05) is 26.0 Å². The van der Waals surface area contributed by atoms with E-state index in [4.69, 9.17) is 4.74 Å². The van der Waals surface area contributed by atoms with Gasteiger partial charge in [-0.2, -0.15) is 0 Å². The molecule has 0 atom stereocenters. The van der Waals surface area contributed by atoms with Crippen LogP contribution in [0.25, 0.3) is 5.57 Å². The van der Waals surface area contributed by atoms with Gasteiger partial charge in [0.1, 0.15) is 11.5 Å². The standard InChI is InChI=1S/C16H18O3/c1-11(17)4-5-12-9-16(2,3)10-19-15-7-6-13(18)8-14(12)15/h4-9,18H,10H2,1-3H3/b5-4+. The van der Waals surface area contributed by atoms with E-state index in [-0.39, 0.29) is 16.9 Å². The lowest BCUT2D eigenvalue weighted by molar-refractivity contribution is -0.112. The molecule has 100 valence electrons. The third-order valence-electron chi connectivity index (χ3n) is 2.92. The van der Waals surface area contributed by atoms with Gasteiger partial charge in [-0.3, -0.25) is 4.79 Å². The molecule has 2 rings (SSSR count). The summed E-state index contributed by atoms with van der Waals surface area (Å²) in [5.41, 5.74) is 1.57. The summed E-state index contributed by atoms with van der Waals surface area (Å²) in [4.78, 5) is 11.1. The van der Waals surface area contributed by atoms with E-state index in [0.29, 0.717) is 6.61 Å². The average molecular weight is 258 g/mol. The van der Waals surface area contributed by atoms with Gasteiger partial charge in [-0.05, 0) is 36.8 Å². The van der Waals surface area contributed by atoms with E-state index in [1.165, 1.54) is 13.0 Å². The average Bonchev–Trinajstić information content (AvgIpc) is 2.44. The Kier molecular flexibility index (Phi) is 3.47. The van der Waals surface area contributed by atoms with Gasteiger partial charge >= 0.3 is 0 Å². The Balaban J connectivity index is 2.54. The highest BCUT2D eigenvalue weighted by Gasteiger charge is 2.23. The van der Waals surface area contributed by atoms with Crippen molar-refractivity contribution in [1.82, 2.24) is 0 Å². The maximum atomic E-state index is 11.1. The molecule has 0 saturated heterocycles. The maximum Gasteiger partial charge on any atom is 0.152 e. The first-order chi connectivity index (χ1) is 8.87. The Hall–Kier alpha value is -2.03. The van der Waals surface area contributed by atoms with Crippen LogP contribution in [0.15, 0.2) is 36.4 Å². The van der Waals surface area contributed by atoms with Crippen molar-refractivity contribution in [3.63, 3.8) is 0 Å². The topological polar surface area (TPSA) is 46.5 Å². The number of aromatic hydroxyl groups is 1. The fourth-order valence-electron chi connectivity index (χ4n) is 2.02. The molecule has 0 radical (unpaired) electrons. The first-order valence-electron chi connectivity index (χ1n) is 6.25. The fraction of sp³-hybridized carbons (Fsp3) is 0.312. The predicted octanol–water partition coefficient (Wildman–Crippen LogP) is 3.34. The van der Waals surface area contributed by atoms with Crippen molar-refractivity contribution in [1.29, 1.82) is 0 Å². The largest absolute Gasteiger partial charge is 0.508 e.